The topological polar surface area (TPSA) is 62.1 Å². The third-order valence-electron chi connectivity index (χ3n) is 2.37. The molecule has 1 unspecified atom stereocenters. The Kier molecular flexibility index (Phi) is 6.05. The maximum Gasteiger partial charge on any atom is 0.407 e. The summed E-state index contributed by atoms with van der Waals surface area (Å²) in [7, 11) is 0. The first-order valence-electron chi connectivity index (χ1n) is 5.73. The smallest absolute Gasteiger partial charge is 0.407 e. The van der Waals surface area contributed by atoms with Crippen LogP contribution >= 0.6 is 0 Å². The van der Waals surface area contributed by atoms with Gasteiger partial charge in [-0.2, -0.15) is 5.26 Å². The van der Waals surface area contributed by atoms with Crippen LogP contribution in [0.4, 0.5) is 4.79 Å². The van der Waals surface area contributed by atoms with Crippen molar-refractivity contribution in [3.8, 4) is 6.07 Å². The molecule has 94 valence electrons. The number of hydrogen-bond acceptors (Lipinski definition) is 3. The molecule has 0 spiro atoms. The van der Waals surface area contributed by atoms with E-state index in [0.717, 1.165) is 5.56 Å². The number of alkyl carbamates (subject to hydrolysis) is 1. The molecule has 1 rings (SSSR count). The zero-order valence-electron chi connectivity index (χ0n) is 10.1. The Bertz CT molecular complexity index is 423. The van der Waals surface area contributed by atoms with Gasteiger partial charge in [-0.05, 0) is 12.0 Å². The Labute approximate surface area is 107 Å². The van der Waals surface area contributed by atoms with Gasteiger partial charge in [0.2, 0.25) is 0 Å². The summed E-state index contributed by atoms with van der Waals surface area (Å²) in [5, 5.41) is 11.1. The molecule has 1 N–H and O–H groups in total. The first kappa shape index (κ1) is 13.8. The van der Waals surface area contributed by atoms with Crippen molar-refractivity contribution in [2.75, 3.05) is 0 Å². The molecule has 0 saturated heterocycles. The van der Waals surface area contributed by atoms with E-state index in [9.17, 15) is 4.79 Å². The van der Waals surface area contributed by atoms with Crippen molar-refractivity contribution in [3.63, 3.8) is 0 Å². The predicted octanol–water partition coefficient (Wildman–Crippen LogP) is 2.77. The van der Waals surface area contributed by atoms with Gasteiger partial charge in [0, 0.05) is 6.42 Å². The fourth-order valence-electron chi connectivity index (χ4n) is 1.39. The molecule has 0 radical (unpaired) electrons. The molecule has 0 aliphatic carbocycles. The summed E-state index contributed by atoms with van der Waals surface area (Å²) in [6.45, 7) is 3.84. The fourth-order valence-corrected chi connectivity index (χ4v) is 1.39. The van der Waals surface area contributed by atoms with Crippen molar-refractivity contribution >= 4 is 6.09 Å². The summed E-state index contributed by atoms with van der Waals surface area (Å²) >= 11 is 0. The van der Waals surface area contributed by atoms with Gasteiger partial charge in [0.1, 0.15) is 6.61 Å². The predicted molar refractivity (Wildman–Crippen MR) is 68.6 cm³/mol. The minimum absolute atomic E-state index is 0.229. The van der Waals surface area contributed by atoms with E-state index in [-0.39, 0.29) is 12.6 Å². The highest BCUT2D eigenvalue weighted by Crippen LogP contribution is 2.02. The monoisotopic (exact) mass is 244 g/mol. The van der Waals surface area contributed by atoms with Gasteiger partial charge in [-0.25, -0.2) is 4.79 Å². The third kappa shape index (κ3) is 5.17. The van der Waals surface area contributed by atoms with E-state index in [0.29, 0.717) is 12.8 Å². The van der Waals surface area contributed by atoms with Crippen LogP contribution in [0.5, 0.6) is 0 Å². The lowest BCUT2D eigenvalue weighted by Crippen LogP contribution is -2.33. The maximum atomic E-state index is 11.5. The van der Waals surface area contributed by atoms with Gasteiger partial charge in [-0.15, -0.1) is 6.58 Å². The number of nitrogens with one attached hydrogen (secondary N) is 1. The second kappa shape index (κ2) is 7.91. The number of nitrogens with zero attached hydrogens (tertiary/aromatic N) is 1. The summed E-state index contributed by atoms with van der Waals surface area (Å²) < 4.78 is 5.06. The summed E-state index contributed by atoms with van der Waals surface area (Å²) in [6.07, 6.45) is 2.01. The van der Waals surface area contributed by atoms with Crippen molar-refractivity contribution in [2.45, 2.75) is 25.5 Å². The highest BCUT2D eigenvalue weighted by Gasteiger charge is 2.09. The fraction of sp³-hybridized carbons (Fsp3) is 0.286. The van der Waals surface area contributed by atoms with Crippen molar-refractivity contribution < 1.29 is 9.53 Å². The summed E-state index contributed by atoms with van der Waals surface area (Å²) in [6, 6.07) is 11.2. The lowest BCUT2D eigenvalue weighted by Gasteiger charge is -2.13. The second-order valence-corrected chi connectivity index (χ2v) is 3.75. The maximum absolute atomic E-state index is 11.5. The van der Waals surface area contributed by atoms with Crippen LogP contribution in [0.3, 0.4) is 0 Å². The van der Waals surface area contributed by atoms with Gasteiger partial charge < -0.3 is 10.1 Å². The summed E-state index contributed by atoms with van der Waals surface area (Å²) in [4.78, 5) is 11.5. The Balaban J connectivity index is 2.32. The van der Waals surface area contributed by atoms with Gasteiger partial charge in [0.05, 0.1) is 12.1 Å². The van der Waals surface area contributed by atoms with E-state index in [2.05, 4.69) is 11.9 Å². The van der Waals surface area contributed by atoms with Crippen LogP contribution in [0.15, 0.2) is 43.0 Å². The van der Waals surface area contributed by atoms with Gasteiger partial charge in [-0.3, -0.25) is 0 Å². The third-order valence-corrected chi connectivity index (χ3v) is 2.37. The van der Waals surface area contributed by atoms with Crippen molar-refractivity contribution in [3.05, 3.63) is 48.6 Å². The molecule has 18 heavy (non-hydrogen) atoms. The molecular weight excluding hydrogens is 228 g/mol. The molecule has 0 aromatic heterocycles. The molecule has 1 amide bonds. The number of hydrogen-bond donors (Lipinski definition) is 1. The van der Waals surface area contributed by atoms with Crippen LogP contribution < -0.4 is 5.32 Å². The number of ether oxygens (including phenoxy) is 1. The van der Waals surface area contributed by atoms with E-state index in [1.807, 2.05) is 36.4 Å². The first-order valence-corrected chi connectivity index (χ1v) is 5.73. The first-order chi connectivity index (χ1) is 8.76. The molecule has 1 aromatic rings. The van der Waals surface area contributed by atoms with Crippen LogP contribution in [-0.2, 0) is 11.3 Å². The normalized spacial score (nSPS) is 11.1. The van der Waals surface area contributed by atoms with Gasteiger partial charge >= 0.3 is 6.09 Å². The van der Waals surface area contributed by atoms with Gasteiger partial charge in [0.25, 0.3) is 0 Å². The second-order valence-electron chi connectivity index (χ2n) is 3.75. The molecule has 0 fully saturated rings. The zero-order chi connectivity index (χ0) is 13.2. The number of benzene rings is 1. The van der Waals surface area contributed by atoms with Crippen molar-refractivity contribution in [1.82, 2.24) is 5.32 Å². The molecule has 0 saturated carbocycles. The average molecular weight is 244 g/mol. The van der Waals surface area contributed by atoms with E-state index < -0.39 is 6.09 Å². The largest absolute Gasteiger partial charge is 0.445 e. The van der Waals surface area contributed by atoms with Crippen LogP contribution in [0.2, 0.25) is 0 Å². The average Bonchev–Trinajstić information content (AvgIpc) is 2.42. The van der Waals surface area contributed by atoms with Crippen molar-refractivity contribution in [1.29, 1.82) is 5.26 Å². The van der Waals surface area contributed by atoms with E-state index in [1.165, 1.54) is 0 Å². The summed E-state index contributed by atoms with van der Waals surface area (Å²) in [5.74, 6) is 0. The SMILES string of the molecule is C=CC(CCC#N)NC(=O)OCc1ccccc1. The van der Waals surface area contributed by atoms with Crippen LogP contribution in [-0.4, -0.2) is 12.1 Å². The number of amides is 1. The van der Waals surface area contributed by atoms with Crippen molar-refractivity contribution in [2.24, 2.45) is 0 Å². The van der Waals surface area contributed by atoms with Gasteiger partial charge in [0.15, 0.2) is 0 Å². The number of carbonyl (C=O) groups excluding carboxylic acids is 1. The minimum Gasteiger partial charge on any atom is -0.445 e. The lowest BCUT2D eigenvalue weighted by atomic mass is 10.2. The zero-order valence-corrected chi connectivity index (χ0v) is 10.1. The molecule has 0 aliphatic heterocycles. The number of nitriles is 1. The molecular formula is C14H16N2O2. The Hall–Kier alpha value is -2.28. The quantitative estimate of drug-likeness (QED) is 0.783. The Morgan fingerprint density at radius 3 is 2.83 bits per heavy atom. The molecule has 4 nitrogen and oxygen atoms in total. The van der Waals surface area contributed by atoms with Crippen LogP contribution in [0, 0.1) is 11.3 Å². The molecule has 0 aliphatic rings. The van der Waals surface area contributed by atoms with Crippen LogP contribution in [0.1, 0.15) is 18.4 Å². The van der Waals surface area contributed by atoms with Gasteiger partial charge in [-0.1, -0.05) is 36.4 Å². The molecule has 0 bridgehead atoms. The summed E-state index contributed by atoms with van der Waals surface area (Å²) in [5.41, 5.74) is 0.930. The molecule has 1 aromatic carbocycles. The highest BCUT2D eigenvalue weighted by atomic mass is 16.5. The molecule has 1 atom stereocenters. The number of carbonyl (C=O) groups is 1. The van der Waals surface area contributed by atoms with E-state index >= 15 is 0 Å². The Morgan fingerprint density at radius 1 is 1.50 bits per heavy atom. The lowest BCUT2D eigenvalue weighted by molar-refractivity contribution is 0.137. The van der Waals surface area contributed by atoms with E-state index in [4.69, 9.17) is 10.00 Å². The highest BCUT2D eigenvalue weighted by molar-refractivity contribution is 5.67. The standard InChI is InChI=1S/C14H16N2O2/c1-2-13(9-6-10-15)16-14(17)18-11-12-7-4-3-5-8-12/h2-5,7-8,13H,1,6,9,11H2,(H,16,17). The number of rotatable bonds is 6. The molecule has 0 heterocycles. The molecule has 4 heteroatoms. The van der Waals surface area contributed by atoms with E-state index in [1.54, 1.807) is 6.08 Å². The minimum atomic E-state index is -0.498. The Morgan fingerprint density at radius 2 is 2.22 bits per heavy atom. The van der Waals surface area contributed by atoms with Crippen LogP contribution in [0.25, 0.3) is 0 Å².